The minimum atomic E-state index is -0.128. The van der Waals surface area contributed by atoms with Gasteiger partial charge in [0.1, 0.15) is 0 Å². The van der Waals surface area contributed by atoms with Gasteiger partial charge in [-0.25, -0.2) is 4.98 Å². The van der Waals surface area contributed by atoms with E-state index in [0.717, 1.165) is 40.0 Å². The van der Waals surface area contributed by atoms with Gasteiger partial charge >= 0.3 is 0 Å². The van der Waals surface area contributed by atoms with Gasteiger partial charge in [0.25, 0.3) is 5.91 Å². The highest BCUT2D eigenvalue weighted by molar-refractivity contribution is 5.98. The second kappa shape index (κ2) is 8.93. The SMILES string of the molecule is Cc1nc2c(cc1C(=O)NCc1ccccc1-c1ccc(CN(C)C)cc1)c(C)nn2C. The zero-order valence-corrected chi connectivity index (χ0v) is 19.3. The highest BCUT2D eigenvalue weighted by Gasteiger charge is 2.16. The van der Waals surface area contributed by atoms with Crippen LogP contribution in [0.15, 0.2) is 54.6 Å². The average molecular weight is 428 g/mol. The van der Waals surface area contributed by atoms with E-state index in [1.54, 1.807) is 4.68 Å². The molecule has 0 fully saturated rings. The van der Waals surface area contributed by atoms with E-state index in [4.69, 9.17) is 0 Å². The molecular formula is C26H29N5O. The number of aromatic nitrogens is 3. The molecule has 2 aromatic carbocycles. The second-order valence-corrected chi connectivity index (χ2v) is 8.48. The molecule has 2 aromatic heterocycles. The first-order valence-corrected chi connectivity index (χ1v) is 10.7. The molecule has 32 heavy (non-hydrogen) atoms. The molecule has 4 aromatic rings. The molecule has 0 radical (unpaired) electrons. The monoisotopic (exact) mass is 427 g/mol. The van der Waals surface area contributed by atoms with Crippen molar-refractivity contribution in [2.45, 2.75) is 26.9 Å². The van der Waals surface area contributed by atoms with Crippen LogP contribution in [-0.4, -0.2) is 39.7 Å². The standard InChI is InChI=1S/C26H29N5O/c1-17-24(14-23-18(2)29-31(5)25(23)28-17)26(32)27-15-21-8-6-7-9-22(21)20-12-10-19(11-13-20)16-30(3)4/h6-14H,15-16H2,1-5H3,(H,27,32). The fourth-order valence-electron chi connectivity index (χ4n) is 4.04. The van der Waals surface area contributed by atoms with Crippen molar-refractivity contribution in [2.24, 2.45) is 7.05 Å². The van der Waals surface area contributed by atoms with Crippen LogP contribution in [0.1, 0.15) is 32.9 Å². The third kappa shape index (κ3) is 4.41. The molecule has 0 atom stereocenters. The molecule has 1 amide bonds. The molecule has 164 valence electrons. The van der Waals surface area contributed by atoms with Crippen molar-refractivity contribution in [1.82, 2.24) is 25.0 Å². The third-order valence-corrected chi connectivity index (χ3v) is 5.65. The number of carbonyl (C=O) groups excluding carboxylic acids is 1. The van der Waals surface area contributed by atoms with Crippen LogP contribution in [0.3, 0.4) is 0 Å². The Bertz CT molecular complexity index is 1270. The Morgan fingerprint density at radius 2 is 1.75 bits per heavy atom. The minimum absolute atomic E-state index is 0.128. The van der Waals surface area contributed by atoms with E-state index in [0.29, 0.717) is 17.8 Å². The summed E-state index contributed by atoms with van der Waals surface area (Å²) >= 11 is 0. The normalized spacial score (nSPS) is 11.3. The molecule has 0 spiro atoms. The zero-order chi connectivity index (χ0) is 22.8. The van der Waals surface area contributed by atoms with Gasteiger partial charge in [-0.05, 0) is 56.3 Å². The number of aryl methyl sites for hydroxylation is 3. The Labute approximate surface area is 188 Å². The number of hydrogen-bond acceptors (Lipinski definition) is 4. The van der Waals surface area contributed by atoms with E-state index >= 15 is 0 Å². The van der Waals surface area contributed by atoms with Crippen molar-refractivity contribution >= 4 is 16.9 Å². The third-order valence-electron chi connectivity index (χ3n) is 5.65. The number of carbonyl (C=O) groups is 1. The fraction of sp³-hybridized carbons (Fsp3) is 0.269. The molecular weight excluding hydrogens is 398 g/mol. The number of hydrogen-bond donors (Lipinski definition) is 1. The first-order valence-electron chi connectivity index (χ1n) is 10.7. The summed E-state index contributed by atoms with van der Waals surface area (Å²) in [6.07, 6.45) is 0. The smallest absolute Gasteiger partial charge is 0.253 e. The first-order chi connectivity index (χ1) is 15.3. The number of amides is 1. The summed E-state index contributed by atoms with van der Waals surface area (Å²) < 4.78 is 1.75. The lowest BCUT2D eigenvalue weighted by Gasteiger charge is -2.13. The van der Waals surface area contributed by atoms with Crippen LogP contribution in [0.25, 0.3) is 22.2 Å². The number of nitrogens with one attached hydrogen (secondary N) is 1. The Hall–Kier alpha value is -3.51. The van der Waals surface area contributed by atoms with Crippen LogP contribution in [-0.2, 0) is 20.1 Å². The molecule has 0 saturated heterocycles. The maximum atomic E-state index is 13.0. The molecule has 6 nitrogen and oxygen atoms in total. The van der Waals surface area contributed by atoms with Gasteiger partial charge in [0.05, 0.1) is 17.0 Å². The lowest BCUT2D eigenvalue weighted by atomic mass is 9.98. The van der Waals surface area contributed by atoms with Crippen molar-refractivity contribution in [3.8, 4) is 11.1 Å². The number of pyridine rings is 1. The van der Waals surface area contributed by atoms with Crippen LogP contribution >= 0.6 is 0 Å². The summed E-state index contributed by atoms with van der Waals surface area (Å²) in [6, 6.07) is 18.7. The van der Waals surface area contributed by atoms with Gasteiger partial charge in [-0.15, -0.1) is 0 Å². The molecule has 0 aliphatic heterocycles. The van der Waals surface area contributed by atoms with Gasteiger partial charge in [0.15, 0.2) is 5.65 Å². The Morgan fingerprint density at radius 1 is 1.03 bits per heavy atom. The Balaban J connectivity index is 1.55. The summed E-state index contributed by atoms with van der Waals surface area (Å²) in [7, 11) is 6.00. The Kier molecular flexibility index (Phi) is 6.06. The molecule has 0 aliphatic carbocycles. The van der Waals surface area contributed by atoms with Crippen LogP contribution in [0.4, 0.5) is 0 Å². The summed E-state index contributed by atoms with van der Waals surface area (Å²) in [6.45, 7) is 5.14. The predicted molar refractivity (Wildman–Crippen MR) is 128 cm³/mol. The van der Waals surface area contributed by atoms with E-state index in [1.165, 1.54) is 5.56 Å². The lowest BCUT2D eigenvalue weighted by Crippen LogP contribution is -2.24. The maximum Gasteiger partial charge on any atom is 0.253 e. The van der Waals surface area contributed by atoms with E-state index in [9.17, 15) is 4.79 Å². The van der Waals surface area contributed by atoms with Gasteiger partial charge < -0.3 is 10.2 Å². The van der Waals surface area contributed by atoms with Gasteiger partial charge in [-0.2, -0.15) is 5.10 Å². The van der Waals surface area contributed by atoms with Gasteiger partial charge in [0.2, 0.25) is 0 Å². The summed E-state index contributed by atoms with van der Waals surface area (Å²) in [4.78, 5) is 19.8. The number of benzene rings is 2. The van der Waals surface area contributed by atoms with Gasteiger partial charge in [-0.3, -0.25) is 9.48 Å². The minimum Gasteiger partial charge on any atom is -0.348 e. The van der Waals surface area contributed by atoms with Crippen molar-refractivity contribution in [1.29, 1.82) is 0 Å². The van der Waals surface area contributed by atoms with E-state index in [1.807, 2.05) is 39.1 Å². The summed E-state index contributed by atoms with van der Waals surface area (Å²) in [5.41, 5.74) is 7.55. The van der Waals surface area contributed by atoms with Gasteiger partial charge in [0, 0.05) is 25.5 Å². The van der Waals surface area contributed by atoms with Gasteiger partial charge in [-0.1, -0.05) is 48.5 Å². The molecule has 1 N–H and O–H groups in total. The predicted octanol–water partition coefficient (Wildman–Crippen LogP) is 4.24. The molecule has 6 heteroatoms. The molecule has 0 aliphatic rings. The molecule has 0 saturated carbocycles. The lowest BCUT2D eigenvalue weighted by molar-refractivity contribution is 0.0950. The topological polar surface area (TPSA) is 63.1 Å². The Morgan fingerprint density at radius 3 is 2.47 bits per heavy atom. The van der Waals surface area contributed by atoms with Crippen molar-refractivity contribution < 1.29 is 4.79 Å². The van der Waals surface area contributed by atoms with E-state index < -0.39 is 0 Å². The summed E-state index contributed by atoms with van der Waals surface area (Å²) in [5, 5.41) is 8.40. The highest BCUT2D eigenvalue weighted by Crippen LogP contribution is 2.25. The number of rotatable bonds is 6. The van der Waals surface area contributed by atoms with E-state index in [2.05, 4.69) is 70.8 Å². The quantitative estimate of drug-likeness (QED) is 0.500. The molecule has 0 bridgehead atoms. The van der Waals surface area contributed by atoms with Crippen LogP contribution in [0, 0.1) is 13.8 Å². The van der Waals surface area contributed by atoms with Crippen molar-refractivity contribution in [3.63, 3.8) is 0 Å². The molecule has 0 unspecified atom stereocenters. The van der Waals surface area contributed by atoms with Crippen molar-refractivity contribution in [3.05, 3.63) is 82.7 Å². The second-order valence-electron chi connectivity index (χ2n) is 8.48. The zero-order valence-electron chi connectivity index (χ0n) is 19.3. The van der Waals surface area contributed by atoms with E-state index in [-0.39, 0.29) is 5.91 Å². The average Bonchev–Trinajstić information content (AvgIpc) is 3.04. The highest BCUT2D eigenvalue weighted by atomic mass is 16.1. The summed E-state index contributed by atoms with van der Waals surface area (Å²) in [5.74, 6) is -0.128. The van der Waals surface area contributed by atoms with Crippen molar-refractivity contribution in [2.75, 3.05) is 14.1 Å². The van der Waals surface area contributed by atoms with Crippen LogP contribution < -0.4 is 5.32 Å². The molecule has 4 rings (SSSR count). The maximum absolute atomic E-state index is 13.0. The fourth-order valence-corrected chi connectivity index (χ4v) is 4.04. The number of nitrogens with zero attached hydrogens (tertiary/aromatic N) is 4. The first kappa shape index (κ1) is 21.7. The molecule has 2 heterocycles. The largest absolute Gasteiger partial charge is 0.348 e. The van der Waals surface area contributed by atoms with Crippen LogP contribution in [0.2, 0.25) is 0 Å². The van der Waals surface area contributed by atoms with Crippen LogP contribution in [0.5, 0.6) is 0 Å². The number of fused-ring (bicyclic) bond motifs is 1.